The first-order chi connectivity index (χ1) is 8.52. The van der Waals surface area contributed by atoms with Gasteiger partial charge < -0.3 is 10.5 Å². The van der Waals surface area contributed by atoms with Crippen LogP contribution in [0.3, 0.4) is 0 Å². The van der Waals surface area contributed by atoms with Gasteiger partial charge in [0, 0.05) is 4.88 Å². The van der Waals surface area contributed by atoms with E-state index in [1.807, 2.05) is 13.8 Å². The zero-order chi connectivity index (χ0) is 13.3. The molecular weight excluding hydrogens is 270 g/mol. The third-order valence-electron chi connectivity index (χ3n) is 2.58. The SMILES string of the molecule is COC(=O)CSc1nc(N)c2c(C)c(C)sc2n1. The first kappa shape index (κ1) is 13.1. The Labute approximate surface area is 113 Å². The van der Waals surface area contributed by atoms with Crippen LogP contribution < -0.4 is 5.73 Å². The molecule has 2 aromatic heterocycles. The second-order valence-corrected chi connectivity index (χ2v) is 5.87. The maximum Gasteiger partial charge on any atom is 0.316 e. The zero-order valence-electron chi connectivity index (χ0n) is 10.3. The van der Waals surface area contributed by atoms with Gasteiger partial charge in [0.2, 0.25) is 0 Å². The number of rotatable bonds is 3. The average molecular weight is 283 g/mol. The molecule has 7 heteroatoms. The lowest BCUT2D eigenvalue weighted by molar-refractivity contribution is -0.137. The van der Waals surface area contributed by atoms with Crippen molar-refractivity contribution in [1.29, 1.82) is 0 Å². The number of aromatic nitrogens is 2. The summed E-state index contributed by atoms with van der Waals surface area (Å²) in [5, 5.41) is 1.42. The number of esters is 1. The van der Waals surface area contributed by atoms with Crippen molar-refractivity contribution < 1.29 is 9.53 Å². The van der Waals surface area contributed by atoms with Gasteiger partial charge in [-0.05, 0) is 19.4 Å². The van der Waals surface area contributed by atoms with Crippen molar-refractivity contribution in [3.05, 3.63) is 10.4 Å². The van der Waals surface area contributed by atoms with Crippen molar-refractivity contribution in [2.45, 2.75) is 19.0 Å². The van der Waals surface area contributed by atoms with Crippen molar-refractivity contribution in [2.24, 2.45) is 0 Å². The van der Waals surface area contributed by atoms with Crippen LogP contribution >= 0.6 is 23.1 Å². The molecule has 0 aliphatic rings. The summed E-state index contributed by atoms with van der Waals surface area (Å²) in [7, 11) is 1.35. The Hall–Kier alpha value is -1.34. The van der Waals surface area contributed by atoms with Crippen LogP contribution in [-0.2, 0) is 9.53 Å². The van der Waals surface area contributed by atoms with Crippen molar-refractivity contribution >= 4 is 45.1 Å². The van der Waals surface area contributed by atoms with E-state index in [1.165, 1.54) is 23.7 Å². The van der Waals surface area contributed by atoms with Crippen molar-refractivity contribution in [1.82, 2.24) is 9.97 Å². The molecular formula is C11H13N3O2S2. The van der Waals surface area contributed by atoms with E-state index in [9.17, 15) is 4.79 Å². The van der Waals surface area contributed by atoms with Crippen LogP contribution in [0.4, 0.5) is 5.82 Å². The monoisotopic (exact) mass is 283 g/mol. The normalized spacial score (nSPS) is 10.8. The number of nitrogens with two attached hydrogens (primary N) is 1. The summed E-state index contributed by atoms with van der Waals surface area (Å²) >= 11 is 2.81. The molecule has 0 bridgehead atoms. The Kier molecular flexibility index (Phi) is 3.72. The number of nitrogen functional groups attached to an aromatic ring is 1. The number of anilines is 1. The summed E-state index contributed by atoms with van der Waals surface area (Å²) in [5.74, 6) is 0.347. The molecule has 0 atom stereocenters. The zero-order valence-corrected chi connectivity index (χ0v) is 11.9. The summed E-state index contributed by atoms with van der Waals surface area (Å²) in [6.07, 6.45) is 0. The number of hydrogen-bond donors (Lipinski definition) is 1. The largest absolute Gasteiger partial charge is 0.468 e. The standard InChI is InChI=1S/C11H13N3O2S2/c1-5-6(2)18-10-8(5)9(12)13-11(14-10)17-4-7(15)16-3/h4H2,1-3H3,(H2,12,13,14). The quantitative estimate of drug-likeness (QED) is 0.528. The van der Waals surface area contributed by atoms with Crippen LogP contribution in [0.1, 0.15) is 10.4 Å². The maximum absolute atomic E-state index is 11.1. The van der Waals surface area contributed by atoms with Crippen LogP contribution in [0.25, 0.3) is 10.2 Å². The Balaban J connectivity index is 2.34. The lowest BCUT2D eigenvalue weighted by atomic mass is 10.2. The summed E-state index contributed by atoms with van der Waals surface area (Å²) in [4.78, 5) is 21.7. The number of nitrogens with zero attached hydrogens (tertiary/aromatic N) is 2. The number of ether oxygens (including phenoxy) is 1. The van der Waals surface area contributed by atoms with Gasteiger partial charge in [0.25, 0.3) is 0 Å². The van der Waals surface area contributed by atoms with Gasteiger partial charge in [0.15, 0.2) is 5.16 Å². The van der Waals surface area contributed by atoms with Crippen LogP contribution in [0.2, 0.25) is 0 Å². The minimum Gasteiger partial charge on any atom is -0.468 e. The first-order valence-electron chi connectivity index (χ1n) is 5.25. The van der Waals surface area contributed by atoms with Crippen molar-refractivity contribution in [3.63, 3.8) is 0 Å². The molecule has 0 aliphatic carbocycles. The predicted molar refractivity (Wildman–Crippen MR) is 74.0 cm³/mol. The van der Waals surface area contributed by atoms with Crippen molar-refractivity contribution in [2.75, 3.05) is 18.6 Å². The summed E-state index contributed by atoms with van der Waals surface area (Å²) in [6, 6.07) is 0. The smallest absolute Gasteiger partial charge is 0.316 e. The Morgan fingerprint density at radius 2 is 2.17 bits per heavy atom. The predicted octanol–water partition coefficient (Wildman–Crippen LogP) is 2.16. The molecule has 2 aromatic rings. The van der Waals surface area contributed by atoms with Gasteiger partial charge in [0.05, 0.1) is 18.2 Å². The molecule has 96 valence electrons. The highest BCUT2D eigenvalue weighted by molar-refractivity contribution is 7.99. The minimum absolute atomic E-state index is 0.185. The van der Waals surface area contributed by atoms with E-state index in [0.29, 0.717) is 11.0 Å². The van der Waals surface area contributed by atoms with E-state index >= 15 is 0 Å². The molecule has 0 saturated carbocycles. The second kappa shape index (κ2) is 5.11. The van der Waals surface area contributed by atoms with Crippen LogP contribution in [0, 0.1) is 13.8 Å². The van der Waals surface area contributed by atoms with Gasteiger partial charge in [-0.15, -0.1) is 11.3 Å². The molecule has 0 aromatic carbocycles. The average Bonchev–Trinajstić information content (AvgIpc) is 2.62. The molecule has 0 aliphatic heterocycles. The Morgan fingerprint density at radius 1 is 1.44 bits per heavy atom. The van der Waals surface area contributed by atoms with Gasteiger partial charge in [-0.1, -0.05) is 11.8 Å². The molecule has 0 unspecified atom stereocenters. The van der Waals surface area contributed by atoms with Gasteiger partial charge in [-0.2, -0.15) is 0 Å². The topological polar surface area (TPSA) is 78.1 Å². The fourth-order valence-electron chi connectivity index (χ4n) is 1.51. The maximum atomic E-state index is 11.1. The van der Waals surface area contributed by atoms with Crippen molar-refractivity contribution in [3.8, 4) is 0 Å². The number of fused-ring (bicyclic) bond motifs is 1. The van der Waals surface area contributed by atoms with E-state index in [2.05, 4.69) is 14.7 Å². The molecule has 2 N–H and O–H groups in total. The fourth-order valence-corrected chi connectivity index (χ4v) is 3.29. The molecule has 18 heavy (non-hydrogen) atoms. The highest BCUT2D eigenvalue weighted by atomic mass is 32.2. The molecule has 5 nitrogen and oxygen atoms in total. The van der Waals surface area contributed by atoms with Crippen LogP contribution in [0.15, 0.2) is 5.16 Å². The Bertz CT molecular complexity index is 610. The van der Waals surface area contributed by atoms with Crippen LogP contribution in [-0.4, -0.2) is 28.8 Å². The van der Waals surface area contributed by atoms with Gasteiger partial charge in [0.1, 0.15) is 10.6 Å². The Morgan fingerprint density at radius 3 is 2.83 bits per heavy atom. The van der Waals surface area contributed by atoms with Crippen LogP contribution in [0.5, 0.6) is 0 Å². The van der Waals surface area contributed by atoms with Gasteiger partial charge in [-0.3, -0.25) is 4.79 Å². The number of thiophene rings is 1. The molecule has 2 heterocycles. The van der Waals surface area contributed by atoms with E-state index in [0.717, 1.165) is 15.8 Å². The third kappa shape index (κ3) is 2.41. The molecule has 0 radical (unpaired) electrons. The molecule has 0 saturated heterocycles. The minimum atomic E-state index is -0.305. The summed E-state index contributed by atoms with van der Waals surface area (Å²) < 4.78 is 4.57. The molecule has 0 spiro atoms. The highest BCUT2D eigenvalue weighted by Gasteiger charge is 2.13. The summed E-state index contributed by atoms with van der Waals surface area (Å²) in [6.45, 7) is 4.04. The van der Waals surface area contributed by atoms with E-state index < -0.39 is 0 Å². The fraction of sp³-hybridized carbons (Fsp3) is 0.364. The molecule has 0 amide bonds. The first-order valence-corrected chi connectivity index (χ1v) is 7.06. The second-order valence-electron chi connectivity index (χ2n) is 3.72. The highest BCUT2D eigenvalue weighted by Crippen LogP contribution is 2.33. The lowest BCUT2D eigenvalue weighted by Crippen LogP contribution is -2.04. The van der Waals surface area contributed by atoms with E-state index in [1.54, 1.807) is 11.3 Å². The third-order valence-corrected chi connectivity index (χ3v) is 4.50. The van der Waals surface area contributed by atoms with Gasteiger partial charge >= 0.3 is 5.97 Å². The number of carbonyl (C=O) groups excluding carboxylic acids is 1. The number of hydrogen-bond acceptors (Lipinski definition) is 7. The number of methoxy groups -OCH3 is 1. The lowest BCUT2D eigenvalue weighted by Gasteiger charge is -2.02. The molecule has 0 fully saturated rings. The number of thioether (sulfide) groups is 1. The van der Waals surface area contributed by atoms with E-state index in [-0.39, 0.29) is 11.7 Å². The van der Waals surface area contributed by atoms with E-state index in [4.69, 9.17) is 5.73 Å². The van der Waals surface area contributed by atoms with Gasteiger partial charge in [-0.25, -0.2) is 9.97 Å². The molecule has 2 rings (SSSR count). The summed E-state index contributed by atoms with van der Waals surface area (Å²) in [5.41, 5.74) is 7.06. The number of carbonyl (C=O) groups is 1. The number of aryl methyl sites for hydroxylation is 2.